The van der Waals surface area contributed by atoms with Gasteiger partial charge in [-0.15, -0.1) is 0 Å². The van der Waals surface area contributed by atoms with Crippen molar-refractivity contribution in [3.63, 3.8) is 0 Å². The third-order valence-electron chi connectivity index (χ3n) is 2.61. The van der Waals surface area contributed by atoms with E-state index in [9.17, 15) is 0 Å². The maximum atomic E-state index is 4.36. The van der Waals surface area contributed by atoms with Gasteiger partial charge in [0.1, 0.15) is 0 Å². The van der Waals surface area contributed by atoms with Crippen molar-refractivity contribution in [2.45, 2.75) is 39.8 Å². The predicted octanol–water partition coefficient (Wildman–Crippen LogP) is 1.87. The summed E-state index contributed by atoms with van der Waals surface area (Å²) in [6, 6.07) is 4.56. The van der Waals surface area contributed by atoms with Crippen LogP contribution in [0.15, 0.2) is 18.3 Å². The second kappa shape index (κ2) is 7.36. The highest BCUT2D eigenvalue weighted by Gasteiger charge is 2.02. The largest absolute Gasteiger partial charge is 0.315 e. The van der Waals surface area contributed by atoms with Gasteiger partial charge in [-0.05, 0) is 38.4 Å². The minimum Gasteiger partial charge on any atom is -0.315 e. The average molecular weight is 221 g/mol. The van der Waals surface area contributed by atoms with Gasteiger partial charge in [-0.25, -0.2) is 0 Å². The fourth-order valence-corrected chi connectivity index (χ4v) is 1.54. The van der Waals surface area contributed by atoms with E-state index in [0.29, 0.717) is 6.04 Å². The molecule has 3 heteroatoms. The first-order valence-electron chi connectivity index (χ1n) is 6.08. The average Bonchev–Trinajstić information content (AvgIpc) is 2.28. The van der Waals surface area contributed by atoms with Gasteiger partial charge >= 0.3 is 0 Å². The smallest absolute Gasteiger partial charge is 0.0570 e. The molecule has 1 atom stereocenters. The molecule has 0 saturated carbocycles. The van der Waals surface area contributed by atoms with Crippen LogP contribution in [0.25, 0.3) is 0 Å². The lowest BCUT2D eigenvalue weighted by Gasteiger charge is -2.14. The van der Waals surface area contributed by atoms with E-state index >= 15 is 0 Å². The summed E-state index contributed by atoms with van der Waals surface area (Å²) < 4.78 is 0. The third kappa shape index (κ3) is 4.73. The molecule has 16 heavy (non-hydrogen) atoms. The standard InChI is InChI=1S/C13H23N3/c1-4-7-14-9-12(3)16-10-13-11(2)6-5-8-15-13/h5-6,8,12,14,16H,4,7,9-10H2,1-3H3. The molecule has 0 aliphatic heterocycles. The SMILES string of the molecule is CCCNCC(C)NCc1ncccc1C. The first kappa shape index (κ1) is 13.1. The second-order valence-electron chi connectivity index (χ2n) is 4.25. The van der Waals surface area contributed by atoms with E-state index in [2.05, 4.69) is 42.5 Å². The predicted molar refractivity (Wildman–Crippen MR) is 68.4 cm³/mol. The molecule has 0 bridgehead atoms. The lowest BCUT2D eigenvalue weighted by molar-refractivity contribution is 0.497. The second-order valence-corrected chi connectivity index (χ2v) is 4.25. The molecule has 1 heterocycles. The van der Waals surface area contributed by atoms with Gasteiger partial charge in [0.2, 0.25) is 0 Å². The summed E-state index contributed by atoms with van der Waals surface area (Å²) in [6.07, 6.45) is 3.04. The van der Waals surface area contributed by atoms with Crippen molar-refractivity contribution in [1.82, 2.24) is 15.6 Å². The Labute approximate surface area is 98.7 Å². The van der Waals surface area contributed by atoms with E-state index in [-0.39, 0.29) is 0 Å². The Morgan fingerprint density at radius 1 is 1.44 bits per heavy atom. The molecule has 1 aromatic rings. The van der Waals surface area contributed by atoms with Crippen molar-refractivity contribution >= 4 is 0 Å². The van der Waals surface area contributed by atoms with Crippen molar-refractivity contribution in [1.29, 1.82) is 0 Å². The topological polar surface area (TPSA) is 37.0 Å². The molecular formula is C13H23N3. The Kier molecular flexibility index (Phi) is 6.04. The van der Waals surface area contributed by atoms with Crippen LogP contribution in [0.1, 0.15) is 31.5 Å². The molecule has 0 aromatic carbocycles. The van der Waals surface area contributed by atoms with E-state index in [1.54, 1.807) is 0 Å². The van der Waals surface area contributed by atoms with Gasteiger partial charge in [0, 0.05) is 25.3 Å². The third-order valence-corrected chi connectivity index (χ3v) is 2.61. The minimum absolute atomic E-state index is 0.480. The van der Waals surface area contributed by atoms with Gasteiger partial charge < -0.3 is 10.6 Å². The van der Waals surface area contributed by atoms with Crippen molar-refractivity contribution in [3.05, 3.63) is 29.6 Å². The molecule has 0 saturated heterocycles. The van der Waals surface area contributed by atoms with E-state index < -0.39 is 0 Å². The molecule has 0 radical (unpaired) electrons. The molecule has 2 N–H and O–H groups in total. The van der Waals surface area contributed by atoms with Crippen LogP contribution in [0, 0.1) is 6.92 Å². The van der Waals surface area contributed by atoms with E-state index in [0.717, 1.165) is 25.3 Å². The molecule has 0 amide bonds. The lowest BCUT2D eigenvalue weighted by atomic mass is 10.2. The molecule has 1 rings (SSSR count). The first-order valence-corrected chi connectivity index (χ1v) is 6.08. The molecular weight excluding hydrogens is 198 g/mol. The summed E-state index contributed by atoms with van der Waals surface area (Å²) in [4.78, 5) is 4.36. The Balaban J connectivity index is 2.26. The zero-order valence-corrected chi connectivity index (χ0v) is 10.6. The summed E-state index contributed by atoms with van der Waals surface area (Å²) in [5.41, 5.74) is 2.40. The van der Waals surface area contributed by atoms with Gasteiger partial charge in [-0.2, -0.15) is 0 Å². The van der Waals surface area contributed by atoms with Crippen LogP contribution >= 0.6 is 0 Å². The van der Waals surface area contributed by atoms with Crippen molar-refractivity contribution in [2.24, 2.45) is 0 Å². The van der Waals surface area contributed by atoms with Crippen LogP contribution < -0.4 is 10.6 Å². The van der Waals surface area contributed by atoms with Crippen LogP contribution in [0.4, 0.5) is 0 Å². The molecule has 1 aromatic heterocycles. The highest BCUT2D eigenvalue weighted by molar-refractivity contribution is 5.17. The van der Waals surface area contributed by atoms with E-state index in [4.69, 9.17) is 0 Å². The van der Waals surface area contributed by atoms with Crippen molar-refractivity contribution in [2.75, 3.05) is 13.1 Å². The number of rotatable bonds is 7. The highest BCUT2D eigenvalue weighted by Crippen LogP contribution is 2.02. The van der Waals surface area contributed by atoms with Gasteiger partial charge in [0.05, 0.1) is 5.69 Å². The molecule has 1 unspecified atom stereocenters. The number of nitrogens with one attached hydrogen (secondary N) is 2. The molecule has 3 nitrogen and oxygen atoms in total. The number of hydrogen-bond donors (Lipinski definition) is 2. The molecule has 0 aliphatic rings. The van der Waals surface area contributed by atoms with E-state index in [1.807, 2.05) is 12.3 Å². The molecule has 90 valence electrons. The number of hydrogen-bond acceptors (Lipinski definition) is 3. The van der Waals surface area contributed by atoms with E-state index in [1.165, 1.54) is 12.0 Å². The summed E-state index contributed by atoms with van der Waals surface area (Å²) in [5, 5.41) is 6.88. The Morgan fingerprint density at radius 2 is 2.25 bits per heavy atom. The van der Waals surface area contributed by atoms with Gasteiger partial charge in [-0.1, -0.05) is 13.0 Å². The number of aryl methyl sites for hydroxylation is 1. The van der Waals surface area contributed by atoms with Crippen LogP contribution in [-0.2, 0) is 6.54 Å². The maximum absolute atomic E-state index is 4.36. The van der Waals surface area contributed by atoms with Crippen molar-refractivity contribution in [3.8, 4) is 0 Å². The van der Waals surface area contributed by atoms with Crippen LogP contribution in [0.2, 0.25) is 0 Å². The fourth-order valence-electron chi connectivity index (χ4n) is 1.54. The summed E-state index contributed by atoms with van der Waals surface area (Å²) >= 11 is 0. The maximum Gasteiger partial charge on any atom is 0.0570 e. The monoisotopic (exact) mass is 221 g/mol. The first-order chi connectivity index (χ1) is 7.74. The van der Waals surface area contributed by atoms with Gasteiger partial charge in [0.15, 0.2) is 0 Å². The summed E-state index contributed by atoms with van der Waals surface area (Å²) in [5.74, 6) is 0. The Morgan fingerprint density at radius 3 is 2.94 bits per heavy atom. The fraction of sp³-hybridized carbons (Fsp3) is 0.615. The molecule has 0 fully saturated rings. The zero-order valence-electron chi connectivity index (χ0n) is 10.6. The minimum atomic E-state index is 0.480. The normalized spacial score (nSPS) is 12.7. The molecule has 0 spiro atoms. The zero-order chi connectivity index (χ0) is 11.8. The number of pyridine rings is 1. The summed E-state index contributed by atoms with van der Waals surface area (Å²) in [7, 11) is 0. The van der Waals surface area contributed by atoms with Gasteiger partial charge in [-0.3, -0.25) is 4.98 Å². The van der Waals surface area contributed by atoms with Crippen LogP contribution in [-0.4, -0.2) is 24.1 Å². The Hall–Kier alpha value is -0.930. The van der Waals surface area contributed by atoms with Crippen molar-refractivity contribution < 1.29 is 0 Å². The summed E-state index contributed by atoms with van der Waals surface area (Å²) in [6.45, 7) is 9.43. The number of nitrogens with zero attached hydrogens (tertiary/aromatic N) is 1. The Bertz CT molecular complexity index is 299. The van der Waals surface area contributed by atoms with Gasteiger partial charge in [0.25, 0.3) is 0 Å². The number of aromatic nitrogens is 1. The highest BCUT2D eigenvalue weighted by atomic mass is 15.0. The van der Waals surface area contributed by atoms with Crippen LogP contribution in [0.3, 0.4) is 0 Å². The van der Waals surface area contributed by atoms with Crippen LogP contribution in [0.5, 0.6) is 0 Å². The molecule has 0 aliphatic carbocycles. The lowest BCUT2D eigenvalue weighted by Crippen LogP contribution is -2.36. The quantitative estimate of drug-likeness (QED) is 0.690.